The minimum atomic E-state index is -0.483. The van der Waals surface area contributed by atoms with E-state index in [1.54, 1.807) is 6.92 Å². The molecule has 27 heavy (non-hydrogen) atoms. The van der Waals surface area contributed by atoms with Gasteiger partial charge in [0.25, 0.3) is 5.56 Å². The van der Waals surface area contributed by atoms with E-state index in [9.17, 15) is 14.0 Å². The van der Waals surface area contributed by atoms with E-state index in [0.717, 1.165) is 0 Å². The Morgan fingerprint density at radius 2 is 1.96 bits per heavy atom. The minimum Gasteiger partial charge on any atom is -0.469 e. The molecule has 3 rings (SSSR count). The lowest BCUT2D eigenvalue weighted by atomic mass is 10.1. The van der Waals surface area contributed by atoms with Crippen LogP contribution in [0.4, 0.5) is 4.39 Å². The highest BCUT2D eigenvalue weighted by Crippen LogP contribution is 2.12. The van der Waals surface area contributed by atoms with Crippen LogP contribution in [0.3, 0.4) is 0 Å². The standard InChI is InChI=1S/C18H21FN4O4/c1-12(20-22-7-9-27-10-8-22)17-15(11-16(24)26-2)21-23(18(17)25)14-5-3-13(19)4-6-14/h3-6,21H,7-11H2,1-2H3. The number of carbonyl (C=O) groups is 1. The summed E-state index contributed by atoms with van der Waals surface area (Å²) in [5.74, 6) is -0.888. The van der Waals surface area contributed by atoms with Gasteiger partial charge in [0, 0.05) is 0 Å². The zero-order valence-corrected chi connectivity index (χ0v) is 15.2. The van der Waals surface area contributed by atoms with Crippen molar-refractivity contribution in [1.82, 2.24) is 14.8 Å². The second-order valence-electron chi connectivity index (χ2n) is 6.09. The largest absolute Gasteiger partial charge is 0.469 e. The van der Waals surface area contributed by atoms with Crippen molar-refractivity contribution in [2.75, 3.05) is 33.4 Å². The Morgan fingerprint density at radius 1 is 1.30 bits per heavy atom. The van der Waals surface area contributed by atoms with Gasteiger partial charge in [-0.15, -0.1) is 0 Å². The average Bonchev–Trinajstić information content (AvgIpc) is 2.99. The number of hydrazone groups is 1. The van der Waals surface area contributed by atoms with Crippen LogP contribution < -0.4 is 5.56 Å². The average molecular weight is 376 g/mol. The summed E-state index contributed by atoms with van der Waals surface area (Å²) >= 11 is 0. The summed E-state index contributed by atoms with van der Waals surface area (Å²) in [5.41, 5.74) is 1.27. The van der Waals surface area contributed by atoms with E-state index in [-0.39, 0.29) is 12.0 Å². The van der Waals surface area contributed by atoms with E-state index in [4.69, 9.17) is 9.47 Å². The maximum Gasteiger partial charge on any atom is 0.311 e. The molecule has 8 nitrogen and oxygen atoms in total. The predicted octanol–water partition coefficient (Wildman–Crippen LogP) is 1.08. The summed E-state index contributed by atoms with van der Waals surface area (Å²) in [6.07, 6.45) is -0.106. The van der Waals surface area contributed by atoms with Crippen LogP contribution in [-0.4, -0.2) is 59.9 Å². The second-order valence-corrected chi connectivity index (χ2v) is 6.09. The molecule has 0 spiro atoms. The molecule has 0 saturated carbocycles. The molecule has 0 unspecified atom stereocenters. The molecule has 1 N–H and O–H groups in total. The molecule has 1 aromatic heterocycles. The maximum absolute atomic E-state index is 13.2. The summed E-state index contributed by atoms with van der Waals surface area (Å²) in [4.78, 5) is 24.8. The van der Waals surface area contributed by atoms with Crippen molar-refractivity contribution >= 4 is 11.7 Å². The number of carbonyl (C=O) groups excluding carboxylic acids is 1. The van der Waals surface area contributed by atoms with Gasteiger partial charge in [-0.25, -0.2) is 9.07 Å². The Hall–Kier alpha value is -2.94. The number of hydrogen-bond acceptors (Lipinski definition) is 6. The van der Waals surface area contributed by atoms with Crippen molar-refractivity contribution in [3.05, 3.63) is 51.7 Å². The van der Waals surface area contributed by atoms with Gasteiger partial charge in [0.15, 0.2) is 0 Å². The number of halogens is 1. The van der Waals surface area contributed by atoms with Crippen LogP contribution in [0.15, 0.2) is 34.2 Å². The van der Waals surface area contributed by atoms with Gasteiger partial charge >= 0.3 is 5.97 Å². The Labute approximate surface area is 155 Å². The second kappa shape index (κ2) is 8.17. The van der Waals surface area contributed by atoms with Gasteiger partial charge in [-0.3, -0.25) is 19.7 Å². The summed E-state index contributed by atoms with van der Waals surface area (Å²) in [5, 5.41) is 9.26. The summed E-state index contributed by atoms with van der Waals surface area (Å²) in [6, 6.07) is 5.48. The third kappa shape index (κ3) is 4.25. The van der Waals surface area contributed by atoms with Gasteiger partial charge in [-0.1, -0.05) is 0 Å². The number of nitrogens with one attached hydrogen (secondary N) is 1. The van der Waals surface area contributed by atoms with Crippen molar-refractivity contribution in [1.29, 1.82) is 0 Å². The van der Waals surface area contributed by atoms with Crippen LogP contribution in [0, 0.1) is 5.82 Å². The van der Waals surface area contributed by atoms with Gasteiger partial charge in [0.1, 0.15) is 5.82 Å². The Balaban J connectivity index is 2.04. The number of rotatable bonds is 5. The van der Waals surface area contributed by atoms with Crippen molar-refractivity contribution in [3.63, 3.8) is 0 Å². The molecular weight excluding hydrogens is 355 g/mol. The van der Waals surface area contributed by atoms with Crippen LogP contribution in [0.5, 0.6) is 0 Å². The number of benzene rings is 1. The third-order valence-corrected chi connectivity index (χ3v) is 4.24. The number of ether oxygens (including phenoxy) is 2. The molecular formula is C18H21FN4O4. The fourth-order valence-electron chi connectivity index (χ4n) is 2.89. The highest BCUT2D eigenvalue weighted by Gasteiger charge is 2.21. The van der Waals surface area contributed by atoms with Gasteiger partial charge < -0.3 is 9.47 Å². The molecule has 0 radical (unpaired) electrons. The monoisotopic (exact) mass is 376 g/mol. The Bertz CT molecular complexity index is 895. The molecule has 144 valence electrons. The lowest BCUT2D eigenvalue weighted by Gasteiger charge is -2.24. The molecule has 0 bridgehead atoms. The molecule has 0 aliphatic carbocycles. The number of methoxy groups -OCH3 is 1. The van der Waals surface area contributed by atoms with Crippen LogP contribution in [0.1, 0.15) is 18.2 Å². The fraction of sp³-hybridized carbons (Fsp3) is 0.389. The topological polar surface area (TPSA) is 88.9 Å². The number of aromatic amines is 1. The smallest absolute Gasteiger partial charge is 0.311 e. The highest BCUT2D eigenvalue weighted by atomic mass is 19.1. The predicted molar refractivity (Wildman–Crippen MR) is 96.7 cm³/mol. The molecule has 1 aromatic carbocycles. The van der Waals surface area contributed by atoms with E-state index < -0.39 is 11.8 Å². The van der Waals surface area contributed by atoms with Crippen LogP contribution in [0.25, 0.3) is 5.69 Å². The number of aromatic nitrogens is 2. The van der Waals surface area contributed by atoms with E-state index >= 15 is 0 Å². The number of hydrogen-bond donors (Lipinski definition) is 1. The molecule has 0 amide bonds. The van der Waals surface area contributed by atoms with E-state index in [1.807, 2.05) is 5.01 Å². The van der Waals surface area contributed by atoms with Gasteiger partial charge in [0.2, 0.25) is 0 Å². The zero-order chi connectivity index (χ0) is 19.4. The number of nitrogens with zero attached hydrogens (tertiary/aromatic N) is 3. The van der Waals surface area contributed by atoms with E-state index in [1.165, 1.54) is 36.1 Å². The number of esters is 1. The van der Waals surface area contributed by atoms with Crippen LogP contribution in [-0.2, 0) is 20.7 Å². The Morgan fingerprint density at radius 3 is 2.59 bits per heavy atom. The number of morpholine rings is 1. The molecule has 2 aromatic rings. The van der Waals surface area contributed by atoms with Crippen molar-refractivity contribution in [3.8, 4) is 5.69 Å². The first-order valence-electron chi connectivity index (χ1n) is 8.54. The van der Waals surface area contributed by atoms with E-state index in [2.05, 4.69) is 10.2 Å². The normalized spacial score (nSPS) is 15.1. The summed E-state index contributed by atoms with van der Waals surface area (Å²) < 4.78 is 24.5. The Kier molecular flexibility index (Phi) is 5.70. The van der Waals surface area contributed by atoms with Gasteiger partial charge in [-0.2, -0.15) is 5.10 Å². The zero-order valence-electron chi connectivity index (χ0n) is 15.2. The van der Waals surface area contributed by atoms with Crippen LogP contribution in [0.2, 0.25) is 0 Å². The van der Waals surface area contributed by atoms with E-state index in [0.29, 0.717) is 49.0 Å². The lowest BCUT2D eigenvalue weighted by molar-refractivity contribution is -0.139. The van der Waals surface area contributed by atoms with Crippen molar-refractivity contribution in [2.24, 2.45) is 5.10 Å². The first-order chi connectivity index (χ1) is 13.0. The summed E-state index contributed by atoms with van der Waals surface area (Å²) in [6.45, 7) is 4.10. The third-order valence-electron chi connectivity index (χ3n) is 4.24. The molecule has 9 heteroatoms. The number of H-pyrrole nitrogens is 1. The molecule has 1 fully saturated rings. The first kappa shape index (κ1) is 18.8. The molecule has 0 atom stereocenters. The molecule has 1 aliphatic rings. The SMILES string of the molecule is COC(=O)Cc1[nH]n(-c2ccc(F)cc2)c(=O)c1C(C)=NN1CCOCC1. The molecule has 1 aliphatic heterocycles. The quantitative estimate of drug-likeness (QED) is 0.623. The fourth-order valence-corrected chi connectivity index (χ4v) is 2.89. The highest BCUT2D eigenvalue weighted by molar-refractivity contribution is 6.00. The minimum absolute atomic E-state index is 0.106. The molecule has 1 saturated heterocycles. The van der Waals surface area contributed by atoms with Crippen molar-refractivity contribution < 1.29 is 18.7 Å². The van der Waals surface area contributed by atoms with Crippen molar-refractivity contribution in [2.45, 2.75) is 13.3 Å². The lowest BCUT2D eigenvalue weighted by Crippen LogP contribution is -2.33. The first-order valence-corrected chi connectivity index (χ1v) is 8.54. The molecule has 2 heterocycles. The summed E-state index contributed by atoms with van der Waals surface area (Å²) in [7, 11) is 1.28. The van der Waals surface area contributed by atoms with Gasteiger partial charge in [-0.05, 0) is 31.2 Å². The van der Waals surface area contributed by atoms with Crippen LogP contribution >= 0.6 is 0 Å². The maximum atomic E-state index is 13.2. The van der Waals surface area contributed by atoms with Gasteiger partial charge in [0.05, 0.1) is 62.5 Å².